The molecule has 0 fully saturated rings. The van der Waals surface area contributed by atoms with Gasteiger partial charge in [0.15, 0.2) is 0 Å². The Labute approximate surface area is 116 Å². The van der Waals surface area contributed by atoms with Crippen LogP contribution < -0.4 is 5.32 Å². The SMILES string of the molecule is C#CCN(Cc1ccco1)C(=O)Nc1ccc(C)s1. The highest BCUT2D eigenvalue weighted by Crippen LogP contribution is 2.21. The second kappa shape index (κ2) is 6.12. The van der Waals surface area contributed by atoms with Crippen molar-refractivity contribution in [2.45, 2.75) is 13.5 Å². The fourth-order valence-corrected chi connectivity index (χ4v) is 2.34. The molecule has 19 heavy (non-hydrogen) atoms. The van der Waals surface area contributed by atoms with Gasteiger partial charge in [-0.1, -0.05) is 5.92 Å². The van der Waals surface area contributed by atoms with E-state index in [4.69, 9.17) is 10.8 Å². The van der Waals surface area contributed by atoms with Crippen molar-refractivity contribution in [1.29, 1.82) is 0 Å². The van der Waals surface area contributed by atoms with Crippen LogP contribution in [-0.4, -0.2) is 17.5 Å². The van der Waals surface area contributed by atoms with E-state index < -0.39 is 0 Å². The molecule has 2 heterocycles. The van der Waals surface area contributed by atoms with Crippen molar-refractivity contribution in [3.63, 3.8) is 0 Å². The number of thiophene rings is 1. The van der Waals surface area contributed by atoms with Crippen LogP contribution in [0.1, 0.15) is 10.6 Å². The molecule has 0 unspecified atom stereocenters. The van der Waals surface area contributed by atoms with Gasteiger partial charge < -0.3 is 9.32 Å². The van der Waals surface area contributed by atoms with Gasteiger partial charge in [-0.2, -0.15) is 0 Å². The Morgan fingerprint density at radius 3 is 2.95 bits per heavy atom. The van der Waals surface area contributed by atoms with Gasteiger partial charge in [0.2, 0.25) is 0 Å². The molecule has 0 aliphatic carbocycles. The smallest absolute Gasteiger partial charge is 0.323 e. The predicted molar refractivity (Wildman–Crippen MR) is 76.0 cm³/mol. The molecular formula is C14H14N2O2S. The monoisotopic (exact) mass is 274 g/mol. The van der Waals surface area contributed by atoms with Gasteiger partial charge in [0.05, 0.1) is 24.4 Å². The molecule has 0 bridgehead atoms. The molecule has 2 aromatic rings. The van der Waals surface area contributed by atoms with Crippen molar-refractivity contribution >= 4 is 22.4 Å². The van der Waals surface area contributed by atoms with Gasteiger partial charge in [-0.3, -0.25) is 5.32 Å². The zero-order chi connectivity index (χ0) is 13.7. The summed E-state index contributed by atoms with van der Waals surface area (Å²) in [5.74, 6) is 3.18. The number of terminal acetylenes is 1. The summed E-state index contributed by atoms with van der Waals surface area (Å²) in [6, 6.07) is 7.20. The van der Waals surface area contributed by atoms with Crippen LogP contribution in [0.25, 0.3) is 0 Å². The Hall–Kier alpha value is -2.19. The van der Waals surface area contributed by atoms with E-state index in [1.165, 1.54) is 16.2 Å². The summed E-state index contributed by atoms with van der Waals surface area (Å²) in [4.78, 5) is 14.8. The highest BCUT2D eigenvalue weighted by Gasteiger charge is 2.15. The molecule has 0 saturated carbocycles. The first kappa shape index (κ1) is 13.2. The normalized spacial score (nSPS) is 9.89. The second-order valence-electron chi connectivity index (χ2n) is 3.98. The van der Waals surface area contributed by atoms with E-state index in [-0.39, 0.29) is 12.6 Å². The molecule has 0 atom stereocenters. The van der Waals surface area contributed by atoms with Crippen molar-refractivity contribution < 1.29 is 9.21 Å². The summed E-state index contributed by atoms with van der Waals surface area (Å²) in [6.45, 7) is 2.58. The zero-order valence-electron chi connectivity index (χ0n) is 10.6. The van der Waals surface area contributed by atoms with Gasteiger partial charge in [-0.15, -0.1) is 17.8 Å². The van der Waals surface area contributed by atoms with Crippen LogP contribution in [0.15, 0.2) is 34.9 Å². The van der Waals surface area contributed by atoms with E-state index in [2.05, 4.69) is 11.2 Å². The molecule has 98 valence electrons. The molecule has 0 aromatic carbocycles. The highest BCUT2D eigenvalue weighted by molar-refractivity contribution is 7.16. The number of carbonyl (C=O) groups excluding carboxylic acids is 1. The lowest BCUT2D eigenvalue weighted by molar-refractivity contribution is 0.211. The van der Waals surface area contributed by atoms with Gasteiger partial charge >= 0.3 is 6.03 Å². The first-order valence-corrected chi connectivity index (χ1v) is 6.59. The summed E-state index contributed by atoms with van der Waals surface area (Å²) in [6.07, 6.45) is 6.87. The van der Waals surface area contributed by atoms with Crippen molar-refractivity contribution in [1.82, 2.24) is 4.90 Å². The molecule has 1 N–H and O–H groups in total. The number of nitrogens with one attached hydrogen (secondary N) is 1. The first-order valence-electron chi connectivity index (χ1n) is 5.77. The number of rotatable bonds is 4. The molecule has 2 aromatic heterocycles. The first-order chi connectivity index (χ1) is 9.19. The molecule has 2 amide bonds. The van der Waals surface area contributed by atoms with Crippen molar-refractivity contribution in [2.75, 3.05) is 11.9 Å². The Bertz CT molecular complexity index is 581. The predicted octanol–water partition coefficient (Wildman–Crippen LogP) is 3.32. The van der Waals surface area contributed by atoms with Crippen LogP contribution >= 0.6 is 11.3 Å². The molecule has 2 rings (SSSR count). The summed E-state index contributed by atoms with van der Waals surface area (Å²) in [7, 11) is 0. The van der Waals surface area contributed by atoms with Crippen molar-refractivity contribution in [2.24, 2.45) is 0 Å². The molecule has 4 nitrogen and oxygen atoms in total. The molecule has 5 heteroatoms. The number of furan rings is 1. The van der Waals surface area contributed by atoms with Gasteiger partial charge in [-0.25, -0.2) is 4.79 Å². The van der Waals surface area contributed by atoms with E-state index in [1.54, 1.807) is 12.3 Å². The van der Waals surface area contributed by atoms with Crippen LogP contribution in [0.2, 0.25) is 0 Å². The highest BCUT2D eigenvalue weighted by atomic mass is 32.1. The van der Waals surface area contributed by atoms with Crippen LogP contribution in [0.5, 0.6) is 0 Å². The van der Waals surface area contributed by atoms with Gasteiger partial charge in [0.25, 0.3) is 0 Å². The minimum Gasteiger partial charge on any atom is -0.467 e. The summed E-state index contributed by atoms with van der Waals surface area (Å²) in [5.41, 5.74) is 0. The zero-order valence-corrected chi connectivity index (χ0v) is 11.4. The van der Waals surface area contributed by atoms with Crippen LogP contribution in [0.3, 0.4) is 0 Å². The summed E-state index contributed by atoms with van der Waals surface area (Å²) in [5, 5.41) is 3.64. The number of anilines is 1. The average molecular weight is 274 g/mol. The lowest BCUT2D eigenvalue weighted by Gasteiger charge is -2.19. The Balaban J connectivity index is 2.02. The third-order valence-corrected chi connectivity index (χ3v) is 3.38. The fraction of sp³-hybridized carbons (Fsp3) is 0.214. The summed E-state index contributed by atoms with van der Waals surface area (Å²) >= 11 is 1.53. The van der Waals surface area contributed by atoms with E-state index in [0.29, 0.717) is 12.3 Å². The van der Waals surface area contributed by atoms with Crippen molar-refractivity contribution in [3.05, 3.63) is 41.2 Å². The lowest BCUT2D eigenvalue weighted by atomic mass is 10.4. The average Bonchev–Trinajstić information content (AvgIpc) is 3.01. The van der Waals surface area contributed by atoms with Gasteiger partial charge in [0.1, 0.15) is 5.76 Å². The molecule has 0 radical (unpaired) electrons. The largest absolute Gasteiger partial charge is 0.467 e. The standard InChI is InChI=1S/C14H14N2O2S/c1-3-8-16(10-12-5-4-9-18-12)14(17)15-13-7-6-11(2)19-13/h1,4-7,9H,8,10H2,2H3,(H,15,17). The number of amides is 2. The fourth-order valence-electron chi connectivity index (χ4n) is 1.59. The van der Waals surface area contributed by atoms with Gasteiger partial charge in [0, 0.05) is 4.88 Å². The van der Waals surface area contributed by atoms with E-state index >= 15 is 0 Å². The van der Waals surface area contributed by atoms with E-state index in [1.807, 2.05) is 25.1 Å². The third-order valence-electron chi connectivity index (χ3n) is 2.47. The molecular weight excluding hydrogens is 260 g/mol. The molecule has 0 spiro atoms. The topological polar surface area (TPSA) is 45.5 Å². The lowest BCUT2D eigenvalue weighted by Crippen LogP contribution is -2.34. The Morgan fingerprint density at radius 2 is 2.37 bits per heavy atom. The maximum Gasteiger partial charge on any atom is 0.323 e. The second-order valence-corrected chi connectivity index (χ2v) is 5.27. The van der Waals surface area contributed by atoms with E-state index in [0.717, 1.165) is 9.88 Å². The quantitative estimate of drug-likeness (QED) is 0.869. The Morgan fingerprint density at radius 1 is 1.53 bits per heavy atom. The molecule has 0 aliphatic rings. The minimum absolute atomic E-state index is 0.226. The van der Waals surface area contributed by atoms with Crippen LogP contribution in [0.4, 0.5) is 9.80 Å². The number of hydrogen-bond donors (Lipinski definition) is 1. The Kier molecular flexibility index (Phi) is 4.26. The number of urea groups is 1. The number of nitrogens with zero attached hydrogens (tertiary/aromatic N) is 1. The maximum absolute atomic E-state index is 12.1. The van der Waals surface area contributed by atoms with Crippen molar-refractivity contribution in [3.8, 4) is 12.3 Å². The molecule has 0 aliphatic heterocycles. The third kappa shape index (κ3) is 3.63. The van der Waals surface area contributed by atoms with Crippen LogP contribution in [0, 0.1) is 19.3 Å². The number of aryl methyl sites for hydroxylation is 1. The maximum atomic E-state index is 12.1. The number of carbonyl (C=O) groups is 1. The number of hydrogen-bond acceptors (Lipinski definition) is 3. The minimum atomic E-state index is -0.226. The summed E-state index contributed by atoms with van der Waals surface area (Å²) < 4.78 is 5.23. The van der Waals surface area contributed by atoms with E-state index in [9.17, 15) is 4.79 Å². The van der Waals surface area contributed by atoms with Crippen LogP contribution in [-0.2, 0) is 6.54 Å². The molecule has 0 saturated heterocycles. The van der Waals surface area contributed by atoms with Gasteiger partial charge in [-0.05, 0) is 31.2 Å².